The Morgan fingerprint density at radius 3 is 2.51 bits per heavy atom. The molecule has 9 nitrogen and oxygen atoms in total. The van der Waals surface area contributed by atoms with Gasteiger partial charge in [-0.15, -0.1) is 0 Å². The molecule has 4 N–H and O–H groups in total. The van der Waals surface area contributed by atoms with Crippen LogP contribution in [0, 0.1) is 0 Å². The van der Waals surface area contributed by atoms with Crippen molar-refractivity contribution in [2.75, 3.05) is 43.4 Å². The highest BCUT2D eigenvalue weighted by atomic mass is 19.3. The van der Waals surface area contributed by atoms with Gasteiger partial charge in [-0.25, -0.2) is 13.6 Å². The summed E-state index contributed by atoms with van der Waals surface area (Å²) in [5.74, 6) is 0.697. The molecule has 1 aromatic heterocycles. The first kappa shape index (κ1) is 25.8. The smallest absolute Gasteiger partial charge is 0.319 e. The van der Waals surface area contributed by atoms with Crippen LogP contribution in [0.2, 0.25) is 0 Å². The fraction of sp³-hybridized carbons (Fsp3) is 0.269. The maximum atomic E-state index is 13.3. The van der Waals surface area contributed by atoms with Crippen LogP contribution >= 0.6 is 0 Å². The van der Waals surface area contributed by atoms with E-state index in [4.69, 9.17) is 4.74 Å². The van der Waals surface area contributed by atoms with Crippen LogP contribution in [0.1, 0.15) is 28.0 Å². The van der Waals surface area contributed by atoms with Gasteiger partial charge in [-0.05, 0) is 35.9 Å². The molecular formula is C26H28F2N6O3. The van der Waals surface area contributed by atoms with Crippen LogP contribution in [0.4, 0.5) is 25.0 Å². The maximum absolute atomic E-state index is 13.3. The molecule has 0 bridgehead atoms. The van der Waals surface area contributed by atoms with Crippen LogP contribution in [-0.4, -0.2) is 50.1 Å². The number of hydrogen-bond acceptors (Lipinski definition) is 6. The second-order valence-electron chi connectivity index (χ2n) is 8.32. The topological polar surface area (TPSA) is 108 Å². The second-order valence-corrected chi connectivity index (χ2v) is 8.32. The molecule has 194 valence electrons. The van der Waals surface area contributed by atoms with E-state index in [9.17, 15) is 18.4 Å². The largest absolute Gasteiger partial charge is 0.457 e. The number of alkyl halides is 2. The highest BCUT2D eigenvalue weighted by Gasteiger charge is 2.18. The fourth-order valence-corrected chi connectivity index (χ4v) is 3.86. The number of halogens is 2. The van der Waals surface area contributed by atoms with Gasteiger partial charge in [-0.1, -0.05) is 18.2 Å². The third-order valence-corrected chi connectivity index (χ3v) is 5.78. The molecule has 2 aromatic carbocycles. The van der Waals surface area contributed by atoms with E-state index < -0.39 is 12.5 Å². The lowest BCUT2D eigenvalue weighted by atomic mass is 10.1. The normalized spacial score (nSPS) is 13.2. The number of pyridine rings is 1. The van der Waals surface area contributed by atoms with E-state index in [1.807, 2.05) is 0 Å². The van der Waals surface area contributed by atoms with E-state index in [2.05, 4.69) is 31.2 Å². The van der Waals surface area contributed by atoms with E-state index in [-0.39, 0.29) is 23.7 Å². The quantitative estimate of drug-likeness (QED) is 0.366. The number of rotatable bonds is 8. The minimum atomic E-state index is -2.64. The molecule has 1 aliphatic rings. The number of anilines is 2. The summed E-state index contributed by atoms with van der Waals surface area (Å²) < 4.78 is 32.4. The molecular weight excluding hydrogens is 482 g/mol. The molecule has 1 saturated heterocycles. The number of carbonyl (C=O) groups excluding carboxylic acids is 2. The number of nitrogens with zero attached hydrogens (tertiary/aromatic N) is 2. The van der Waals surface area contributed by atoms with Crippen LogP contribution in [0.25, 0.3) is 0 Å². The third kappa shape index (κ3) is 6.91. The first-order valence-electron chi connectivity index (χ1n) is 11.8. The van der Waals surface area contributed by atoms with Crippen molar-refractivity contribution in [2.24, 2.45) is 0 Å². The van der Waals surface area contributed by atoms with Gasteiger partial charge in [0.25, 0.3) is 12.3 Å². The zero-order chi connectivity index (χ0) is 26.2. The van der Waals surface area contributed by atoms with Crippen molar-refractivity contribution in [1.29, 1.82) is 0 Å². The Labute approximate surface area is 213 Å². The van der Waals surface area contributed by atoms with Crippen molar-refractivity contribution in [3.8, 4) is 11.5 Å². The Balaban J connectivity index is 1.36. The molecule has 4 rings (SSSR count). The highest BCUT2D eigenvalue weighted by Crippen LogP contribution is 2.31. The number of piperazine rings is 1. The molecule has 37 heavy (non-hydrogen) atoms. The van der Waals surface area contributed by atoms with E-state index in [1.54, 1.807) is 36.4 Å². The molecule has 0 unspecified atom stereocenters. The summed E-state index contributed by atoms with van der Waals surface area (Å²) in [6, 6.07) is 14.1. The lowest BCUT2D eigenvalue weighted by molar-refractivity contribution is 0.0957. The van der Waals surface area contributed by atoms with Crippen molar-refractivity contribution >= 4 is 23.3 Å². The van der Waals surface area contributed by atoms with Crippen molar-refractivity contribution in [1.82, 2.24) is 20.9 Å². The summed E-state index contributed by atoms with van der Waals surface area (Å²) in [5.41, 5.74) is 1.95. The molecule has 0 spiro atoms. The van der Waals surface area contributed by atoms with Crippen LogP contribution in [0.15, 0.2) is 60.8 Å². The molecule has 0 aliphatic carbocycles. The maximum Gasteiger partial charge on any atom is 0.319 e. The molecule has 2 heterocycles. The summed E-state index contributed by atoms with van der Waals surface area (Å²) >= 11 is 0. The number of ether oxygens (including phenoxy) is 1. The van der Waals surface area contributed by atoms with Gasteiger partial charge in [0.05, 0.1) is 11.4 Å². The van der Waals surface area contributed by atoms with Crippen molar-refractivity contribution in [3.63, 3.8) is 0 Å². The molecule has 0 radical (unpaired) electrons. The number of aromatic nitrogens is 1. The monoisotopic (exact) mass is 510 g/mol. The summed E-state index contributed by atoms with van der Waals surface area (Å²) in [5, 5.41) is 11.2. The fourth-order valence-electron chi connectivity index (χ4n) is 3.86. The SMILES string of the molecule is CNC(=O)c1cc(Oc2ccc(CNC(=O)Nc3cc(C(F)F)ccc3N3CCNCC3)cc2)ccn1. The minimum Gasteiger partial charge on any atom is -0.457 e. The number of amides is 3. The van der Waals surface area contributed by atoms with E-state index in [0.717, 1.165) is 18.7 Å². The Hall–Kier alpha value is -4.25. The molecule has 1 aliphatic heterocycles. The standard InChI is InChI=1S/C26H28F2N6O3/c1-29-25(35)22-15-20(8-9-31-22)37-19-5-2-17(3-6-19)16-32-26(36)33-21-14-18(24(27)28)4-7-23(21)34-12-10-30-11-13-34/h2-9,14-15,24,30H,10-13,16H2,1H3,(H,29,35)(H2,32,33,36). The van der Waals surface area contributed by atoms with Gasteiger partial charge in [0.2, 0.25) is 0 Å². The first-order valence-corrected chi connectivity index (χ1v) is 11.8. The molecule has 1 fully saturated rings. The lowest BCUT2D eigenvalue weighted by Crippen LogP contribution is -2.44. The zero-order valence-electron chi connectivity index (χ0n) is 20.3. The average molecular weight is 511 g/mol. The average Bonchev–Trinajstić information content (AvgIpc) is 2.93. The molecule has 3 aromatic rings. The van der Waals surface area contributed by atoms with Crippen LogP contribution in [0.3, 0.4) is 0 Å². The van der Waals surface area contributed by atoms with Gasteiger partial charge in [-0.2, -0.15) is 0 Å². The highest BCUT2D eigenvalue weighted by molar-refractivity contribution is 5.93. The zero-order valence-corrected chi connectivity index (χ0v) is 20.3. The van der Waals surface area contributed by atoms with Gasteiger partial charge in [-0.3, -0.25) is 9.78 Å². The van der Waals surface area contributed by atoms with Gasteiger partial charge >= 0.3 is 6.03 Å². The minimum absolute atomic E-state index is 0.151. The summed E-state index contributed by atoms with van der Waals surface area (Å²) in [6.07, 6.45) is -1.15. The number of nitrogens with one attached hydrogen (secondary N) is 4. The molecule has 3 amide bonds. The van der Waals surface area contributed by atoms with Crippen molar-refractivity contribution in [2.45, 2.75) is 13.0 Å². The Kier molecular flexibility index (Phi) is 8.47. The number of carbonyl (C=O) groups is 2. The Morgan fingerprint density at radius 2 is 1.81 bits per heavy atom. The molecule has 0 atom stereocenters. The molecule has 0 saturated carbocycles. The van der Waals surface area contributed by atoms with Crippen LogP contribution in [-0.2, 0) is 6.54 Å². The Bertz CT molecular complexity index is 1230. The van der Waals surface area contributed by atoms with Crippen molar-refractivity contribution < 1.29 is 23.1 Å². The predicted octanol–water partition coefficient (Wildman–Crippen LogP) is 3.90. The van der Waals surface area contributed by atoms with E-state index in [0.29, 0.717) is 36.0 Å². The number of urea groups is 1. The lowest BCUT2D eigenvalue weighted by Gasteiger charge is -2.31. The number of benzene rings is 2. The van der Waals surface area contributed by atoms with Gasteiger partial charge in [0.1, 0.15) is 17.2 Å². The first-order chi connectivity index (χ1) is 17.9. The predicted molar refractivity (Wildman–Crippen MR) is 136 cm³/mol. The summed E-state index contributed by atoms with van der Waals surface area (Å²) in [4.78, 5) is 30.4. The van der Waals surface area contributed by atoms with E-state index in [1.165, 1.54) is 31.4 Å². The van der Waals surface area contributed by atoms with E-state index >= 15 is 0 Å². The summed E-state index contributed by atoms with van der Waals surface area (Å²) in [7, 11) is 1.52. The van der Waals surface area contributed by atoms with Crippen LogP contribution in [0.5, 0.6) is 11.5 Å². The summed E-state index contributed by atoms with van der Waals surface area (Å²) in [6.45, 7) is 3.20. The van der Waals surface area contributed by atoms with Gasteiger partial charge in [0, 0.05) is 57.6 Å². The Morgan fingerprint density at radius 1 is 1.05 bits per heavy atom. The third-order valence-electron chi connectivity index (χ3n) is 5.78. The van der Waals surface area contributed by atoms with Crippen molar-refractivity contribution in [3.05, 3.63) is 77.6 Å². The van der Waals surface area contributed by atoms with Gasteiger partial charge in [0.15, 0.2) is 0 Å². The number of hydrogen-bond donors (Lipinski definition) is 4. The van der Waals surface area contributed by atoms with Crippen LogP contribution < -0.4 is 30.9 Å². The van der Waals surface area contributed by atoms with Gasteiger partial charge < -0.3 is 30.9 Å². The second kappa shape index (κ2) is 12.1. The molecule has 11 heteroatoms.